The van der Waals surface area contributed by atoms with Crippen molar-refractivity contribution in [2.24, 2.45) is 5.92 Å². The molecule has 0 amide bonds. The van der Waals surface area contributed by atoms with Gasteiger partial charge in [-0.25, -0.2) is 0 Å². The SMILES string of the molecule is CCCCCC1OC(Oc2cc(OCCOC)cc(OCc3ccccc3)c2)C[C@H]1C. The molecule has 3 rings (SSSR count). The Labute approximate surface area is 186 Å². The molecule has 0 aromatic heterocycles. The van der Waals surface area contributed by atoms with Crippen LogP contribution in [0.5, 0.6) is 17.2 Å². The van der Waals surface area contributed by atoms with Crippen molar-refractivity contribution in [1.29, 1.82) is 0 Å². The fourth-order valence-corrected chi connectivity index (χ4v) is 3.78. The van der Waals surface area contributed by atoms with Gasteiger partial charge in [-0.3, -0.25) is 0 Å². The van der Waals surface area contributed by atoms with Crippen molar-refractivity contribution in [2.75, 3.05) is 20.3 Å². The Bertz CT molecular complexity index is 764. The molecule has 2 aromatic carbocycles. The maximum atomic E-state index is 6.21. The van der Waals surface area contributed by atoms with Gasteiger partial charge in [-0.15, -0.1) is 0 Å². The van der Waals surface area contributed by atoms with Crippen LogP contribution < -0.4 is 14.2 Å². The van der Waals surface area contributed by atoms with Crippen LogP contribution in [-0.2, 0) is 16.1 Å². The molecular formula is C26H36O5. The van der Waals surface area contributed by atoms with Crippen LogP contribution in [0.4, 0.5) is 0 Å². The van der Waals surface area contributed by atoms with Crippen LogP contribution in [0.15, 0.2) is 48.5 Å². The summed E-state index contributed by atoms with van der Waals surface area (Å²) in [6, 6.07) is 15.8. The Hall–Kier alpha value is -2.24. The molecule has 170 valence electrons. The van der Waals surface area contributed by atoms with Gasteiger partial charge < -0.3 is 23.7 Å². The van der Waals surface area contributed by atoms with Crippen LogP contribution in [0.25, 0.3) is 0 Å². The first-order valence-electron chi connectivity index (χ1n) is 11.4. The van der Waals surface area contributed by atoms with Crippen molar-refractivity contribution in [3.05, 3.63) is 54.1 Å². The smallest absolute Gasteiger partial charge is 0.200 e. The number of hydrogen-bond donors (Lipinski definition) is 0. The number of benzene rings is 2. The van der Waals surface area contributed by atoms with Crippen LogP contribution in [-0.4, -0.2) is 32.7 Å². The van der Waals surface area contributed by atoms with Gasteiger partial charge in [-0.05, 0) is 17.9 Å². The second kappa shape index (κ2) is 12.6. The van der Waals surface area contributed by atoms with Crippen LogP contribution >= 0.6 is 0 Å². The van der Waals surface area contributed by atoms with Crippen molar-refractivity contribution >= 4 is 0 Å². The molecule has 2 unspecified atom stereocenters. The second-order valence-corrected chi connectivity index (χ2v) is 8.19. The molecule has 1 fully saturated rings. The molecule has 3 atom stereocenters. The summed E-state index contributed by atoms with van der Waals surface area (Å²) in [5.41, 5.74) is 1.11. The van der Waals surface area contributed by atoms with Gasteiger partial charge in [0.1, 0.15) is 30.5 Å². The largest absolute Gasteiger partial charge is 0.491 e. The average Bonchev–Trinajstić information content (AvgIpc) is 3.12. The first-order valence-corrected chi connectivity index (χ1v) is 11.4. The Morgan fingerprint density at radius 3 is 2.42 bits per heavy atom. The van der Waals surface area contributed by atoms with E-state index in [1.54, 1.807) is 7.11 Å². The predicted octanol–water partition coefficient (Wildman–Crippen LogP) is 6.00. The maximum Gasteiger partial charge on any atom is 0.200 e. The average molecular weight is 429 g/mol. The first-order chi connectivity index (χ1) is 15.2. The summed E-state index contributed by atoms with van der Waals surface area (Å²) in [6.45, 7) is 5.95. The van der Waals surface area contributed by atoms with Gasteiger partial charge in [-0.2, -0.15) is 0 Å². The molecule has 0 saturated carbocycles. The van der Waals surface area contributed by atoms with Crippen LogP contribution in [0.1, 0.15) is 51.5 Å². The molecular weight excluding hydrogens is 392 g/mol. The highest BCUT2D eigenvalue weighted by molar-refractivity contribution is 5.42. The van der Waals surface area contributed by atoms with Crippen LogP contribution in [0.3, 0.4) is 0 Å². The molecule has 31 heavy (non-hydrogen) atoms. The van der Waals surface area contributed by atoms with Gasteiger partial charge in [0, 0.05) is 31.7 Å². The molecule has 0 spiro atoms. The lowest BCUT2D eigenvalue weighted by molar-refractivity contribution is -0.0772. The third-order valence-electron chi connectivity index (χ3n) is 5.54. The van der Waals surface area contributed by atoms with Gasteiger partial charge in [-0.1, -0.05) is 63.4 Å². The number of rotatable bonds is 13. The molecule has 0 N–H and O–H groups in total. The Morgan fingerprint density at radius 2 is 1.68 bits per heavy atom. The van der Waals surface area contributed by atoms with Crippen LogP contribution in [0, 0.1) is 5.92 Å². The number of ether oxygens (including phenoxy) is 5. The minimum absolute atomic E-state index is 0.238. The van der Waals surface area contributed by atoms with Crippen molar-refractivity contribution < 1.29 is 23.7 Å². The maximum absolute atomic E-state index is 6.21. The van der Waals surface area contributed by atoms with E-state index in [-0.39, 0.29) is 12.4 Å². The molecule has 5 nitrogen and oxygen atoms in total. The molecule has 0 radical (unpaired) electrons. The van der Waals surface area contributed by atoms with Gasteiger partial charge in [0.05, 0.1) is 12.7 Å². The topological polar surface area (TPSA) is 46.2 Å². The van der Waals surface area contributed by atoms with Gasteiger partial charge in [0.15, 0.2) is 6.29 Å². The monoisotopic (exact) mass is 428 g/mol. The summed E-state index contributed by atoms with van der Waals surface area (Å²) < 4.78 is 29.4. The van der Waals surface area contributed by atoms with Gasteiger partial charge in [0.2, 0.25) is 0 Å². The zero-order valence-electron chi connectivity index (χ0n) is 19.0. The Kier molecular flexibility index (Phi) is 9.50. The fourth-order valence-electron chi connectivity index (χ4n) is 3.78. The van der Waals surface area contributed by atoms with E-state index in [1.165, 1.54) is 19.3 Å². The lowest BCUT2D eigenvalue weighted by Crippen LogP contribution is -2.18. The highest BCUT2D eigenvalue weighted by Gasteiger charge is 2.33. The molecule has 5 heteroatoms. The predicted molar refractivity (Wildman–Crippen MR) is 122 cm³/mol. The highest BCUT2D eigenvalue weighted by atomic mass is 16.7. The van der Waals surface area contributed by atoms with E-state index in [9.17, 15) is 0 Å². The zero-order chi connectivity index (χ0) is 21.9. The molecule has 0 aliphatic carbocycles. The summed E-state index contributed by atoms with van der Waals surface area (Å²) in [4.78, 5) is 0. The summed E-state index contributed by atoms with van der Waals surface area (Å²) in [5, 5.41) is 0. The first kappa shape index (κ1) is 23.4. The normalized spacial score (nSPS) is 20.5. The molecule has 1 aliphatic heterocycles. The Balaban J connectivity index is 1.64. The van der Waals surface area contributed by atoms with Gasteiger partial charge >= 0.3 is 0 Å². The van der Waals surface area contributed by atoms with Crippen LogP contribution in [0.2, 0.25) is 0 Å². The number of unbranched alkanes of at least 4 members (excludes halogenated alkanes) is 2. The fraction of sp³-hybridized carbons (Fsp3) is 0.538. The van der Waals surface area contributed by atoms with E-state index >= 15 is 0 Å². The number of hydrogen-bond acceptors (Lipinski definition) is 5. The highest BCUT2D eigenvalue weighted by Crippen LogP contribution is 2.34. The Morgan fingerprint density at radius 1 is 0.935 bits per heavy atom. The molecule has 1 aliphatic rings. The van der Waals surface area contributed by atoms with E-state index in [2.05, 4.69) is 13.8 Å². The van der Waals surface area contributed by atoms with Crippen molar-refractivity contribution in [1.82, 2.24) is 0 Å². The van der Waals surface area contributed by atoms with Crippen molar-refractivity contribution in [2.45, 2.75) is 65.0 Å². The summed E-state index contributed by atoms with van der Waals surface area (Å²) in [6.07, 6.45) is 5.71. The lowest BCUT2D eigenvalue weighted by atomic mass is 9.99. The zero-order valence-corrected chi connectivity index (χ0v) is 19.0. The minimum atomic E-state index is -0.238. The van der Waals surface area contributed by atoms with E-state index in [0.717, 1.165) is 18.4 Å². The second-order valence-electron chi connectivity index (χ2n) is 8.19. The van der Waals surface area contributed by atoms with E-state index in [4.69, 9.17) is 23.7 Å². The molecule has 1 heterocycles. The quantitative estimate of drug-likeness (QED) is 0.366. The van der Waals surface area contributed by atoms with E-state index in [1.807, 2.05) is 48.5 Å². The molecule has 0 bridgehead atoms. The molecule has 1 saturated heterocycles. The van der Waals surface area contributed by atoms with Gasteiger partial charge in [0.25, 0.3) is 0 Å². The number of methoxy groups -OCH3 is 1. The van der Waals surface area contributed by atoms with Crippen molar-refractivity contribution in [3.63, 3.8) is 0 Å². The lowest BCUT2D eigenvalue weighted by Gasteiger charge is -2.18. The third-order valence-corrected chi connectivity index (χ3v) is 5.54. The van der Waals surface area contributed by atoms with E-state index < -0.39 is 0 Å². The summed E-state index contributed by atoms with van der Waals surface area (Å²) >= 11 is 0. The summed E-state index contributed by atoms with van der Waals surface area (Å²) in [5.74, 6) is 2.60. The third kappa shape index (κ3) is 7.75. The summed E-state index contributed by atoms with van der Waals surface area (Å²) in [7, 11) is 1.66. The minimum Gasteiger partial charge on any atom is -0.491 e. The van der Waals surface area contributed by atoms with E-state index in [0.29, 0.717) is 43.0 Å². The van der Waals surface area contributed by atoms with Crippen molar-refractivity contribution in [3.8, 4) is 17.2 Å². The molecule has 2 aromatic rings. The standard InChI is InChI=1S/C26H36O5/c1-4-5-7-12-25-20(2)15-26(31-25)30-24-17-22(28-14-13-27-3)16-23(18-24)29-19-21-10-8-6-9-11-21/h6,8-11,16-18,20,25-26H,4-5,7,12-15,19H2,1-3H3/t20-,25?,26?/m1/s1.